The standard InChI is InChI=1S/C19H15Br2NO3S/c1-25-18-7-6-17(21)9-19(18)26(23,24)12-13-8-15(11-22-10-13)14-2-4-16(20)5-3-14/h2-11H,12H2,1H3. The van der Waals surface area contributed by atoms with Crippen LogP contribution in [0.3, 0.4) is 0 Å². The number of sulfone groups is 1. The molecule has 0 saturated heterocycles. The largest absolute Gasteiger partial charge is 0.495 e. The van der Waals surface area contributed by atoms with Crippen LogP contribution in [0.15, 0.2) is 74.8 Å². The quantitative estimate of drug-likeness (QED) is 0.483. The van der Waals surface area contributed by atoms with E-state index in [2.05, 4.69) is 36.8 Å². The molecule has 2 aromatic carbocycles. The maximum atomic E-state index is 12.9. The molecule has 0 radical (unpaired) electrons. The summed E-state index contributed by atoms with van der Waals surface area (Å²) in [5.74, 6) is 0.169. The van der Waals surface area contributed by atoms with E-state index in [0.717, 1.165) is 15.6 Å². The lowest BCUT2D eigenvalue weighted by atomic mass is 10.1. The van der Waals surface area contributed by atoms with Gasteiger partial charge in [0.05, 0.1) is 12.9 Å². The van der Waals surface area contributed by atoms with E-state index in [4.69, 9.17) is 4.74 Å². The highest BCUT2D eigenvalue weighted by atomic mass is 79.9. The van der Waals surface area contributed by atoms with Crippen molar-refractivity contribution in [3.8, 4) is 16.9 Å². The molecule has 0 aliphatic rings. The molecule has 0 unspecified atom stereocenters. The average molecular weight is 497 g/mol. The Morgan fingerprint density at radius 3 is 2.31 bits per heavy atom. The minimum absolute atomic E-state index is 0.156. The average Bonchev–Trinajstić information content (AvgIpc) is 2.62. The molecule has 0 fully saturated rings. The summed E-state index contributed by atoms with van der Waals surface area (Å²) in [6.07, 6.45) is 3.30. The normalized spacial score (nSPS) is 11.3. The highest BCUT2D eigenvalue weighted by Gasteiger charge is 2.21. The van der Waals surface area contributed by atoms with Crippen LogP contribution in [0.5, 0.6) is 5.75 Å². The molecule has 26 heavy (non-hydrogen) atoms. The summed E-state index contributed by atoms with van der Waals surface area (Å²) < 4.78 is 32.7. The number of hydrogen-bond donors (Lipinski definition) is 0. The Hall–Kier alpha value is -1.70. The molecule has 134 valence electrons. The monoisotopic (exact) mass is 495 g/mol. The molecular formula is C19H15Br2NO3S. The summed E-state index contributed by atoms with van der Waals surface area (Å²) in [4.78, 5) is 4.36. The van der Waals surface area contributed by atoms with E-state index in [-0.39, 0.29) is 10.6 Å². The number of benzene rings is 2. The lowest BCUT2D eigenvalue weighted by Gasteiger charge is -2.11. The van der Waals surface area contributed by atoms with Gasteiger partial charge >= 0.3 is 0 Å². The Morgan fingerprint density at radius 2 is 1.62 bits per heavy atom. The third-order valence-electron chi connectivity index (χ3n) is 3.79. The highest BCUT2D eigenvalue weighted by molar-refractivity contribution is 9.10. The molecule has 0 spiro atoms. The summed E-state index contributed by atoms with van der Waals surface area (Å²) in [6.45, 7) is 0. The molecule has 0 saturated carbocycles. The van der Waals surface area contributed by atoms with E-state index in [1.165, 1.54) is 7.11 Å². The van der Waals surface area contributed by atoms with Crippen LogP contribution in [0, 0.1) is 0 Å². The van der Waals surface area contributed by atoms with Gasteiger partial charge in [-0.1, -0.05) is 44.0 Å². The van der Waals surface area contributed by atoms with Gasteiger partial charge in [-0.2, -0.15) is 0 Å². The predicted octanol–water partition coefficient (Wildman–Crippen LogP) is 5.26. The molecule has 0 N–H and O–H groups in total. The molecular weight excluding hydrogens is 482 g/mol. The number of aromatic nitrogens is 1. The van der Waals surface area contributed by atoms with Gasteiger partial charge in [0.15, 0.2) is 9.84 Å². The first-order chi connectivity index (χ1) is 12.4. The maximum absolute atomic E-state index is 12.9. The molecule has 3 aromatic rings. The number of methoxy groups -OCH3 is 1. The van der Waals surface area contributed by atoms with Gasteiger partial charge in [0, 0.05) is 26.9 Å². The molecule has 0 atom stereocenters. The Balaban J connectivity index is 1.95. The van der Waals surface area contributed by atoms with E-state index in [1.807, 2.05) is 30.3 Å². The molecule has 0 bridgehead atoms. The lowest BCUT2D eigenvalue weighted by molar-refractivity contribution is 0.402. The van der Waals surface area contributed by atoms with Crippen molar-refractivity contribution in [2.45, 2.75) is 10.6 Å². The maximum Gasteiger partial charge on any atom is 0.186 e. The van der Waals surface area contributed by atoms with E-state index in [0.29, 0.717) is 15.8 Å². The predicted molar refractivity (Wildman–Crippen MR) is 109 cm³/mol. The number of hydrogen-bond acceptors (Lipinski definition) is 4. The van der Waals surface area contributed by atoms with Crippen molar-refractivity contribution >= 4 is 41.7 Å². The van der Waals surface area contributed by atoms with Crippen LogP contribution in [0.25, 0.3) is 11.1 Å². The smallest absolute Gasteiger partial charge is 0.186 e. The third kappa shape index (κ3) is 4.34. The van der Waals surface area contributed by atoms with Gasteiger partial charge in [-0.3, -0.25) is 4.98 Å². The van der Waals surface area contributed by atoms with E-state index < -0.39 is 9.84 Å². The number of nitrogens with zero attached hydrogens (tertiary/aromatic N) is 1. The lowest BCUT2D eigenvalue weighted by Crippen LogP contribution is -2.07. The third-order valence-corrected chi connectivity index (χ3v) is 6.51. The SMILES string of the molecule is COc1ccc(Br)cc1S(=O)(=O)Cc1cncc(-c2ccc(Br)cc2)c1. The fraction of sp³-hybridized carbons (Fsp3) is 0.105. The van der Waals surface area contributed by atoms with Gasteiger partial charge in [0.1, 0.15) is 10.6 Å². The van der Waals surface area contributed by atoms with Gasteiger partial charge in [0.25, 0.3) is 0 Å². The van der Waals surface area contributed by atoms with Gasteiger partial charge in [0.2, 0.25) is 0 Å². The fourth-order valence-corrected chi connectivity index (χ4v) is 4.85. The Bertz CT molecular complexity index is 1030. The van der Waals surface area contributed by atoms with Gasteiger partial charge in [-0.05, 0) is 47.5 Å². The first-order valence-corrected chi connectivity index (χ1v) is 10.9. The first-order valence-electron chi connectivity index (χ1n) is 7.65. The summed E-state index contributed by atoms with van der Waals surface area (Å²) >= 11 is 6.72. The molecule has 1 aromatic heterocycles. The van der Waals surface area contributed by atoms with Gasteiger partial charge < -0.3 is 4.74 Å². The van der Waals surface area contributed by atoms with E-state index >= 15 is 0 Å². The van der Waals surface area contributed by atoms with Crippen LogP contribution in [-0.2, 0) is 15.6 Å². The van der Waals surface area contributed by atoms with Crippen LogP contribution in [0.1, 0.15) is 5.56 Å². The zero-order valence-corrected chi connectivity index (χ0v) is 17.8. The highest BCUT2D eigenvalue weighted by Crippen LogP contribution is 2.30. The summed E-state index contributed by atoms with van der Waals surface area (Å²) in [5.41, 5.74) is 2.46. The number of rotatable bonds is 5. The minimum Gasteiger partial charge on any atom is -0.495 e. The summed E-state index contributed by atoms with van der Waals surface area (Å²) in [6, 6.07) is 14.6. The molecule has 7 heteroatoms. The van der Waals surface area contributed by atoms with Crippen LogP contribution < -0.4 is 4.74 Å². The van der Waals surface area contributed by atoms with Crippen molar-refractivity contribution in [1.82, 2.24) is 4.98 Å². The minimum atomic E-state index is -3.59. The number of halogens is 2. The second kappa shape index (κ2) is 7.90. The second-order valence-corrected chi connectivity index (χ2v) is 9.43. The first kappa shape index (κ1) is 19.1. The number of pyridine rings is 1. The Kier molecular flexibility index (Phi) is 5.79. The zero-order valence-electron chi connectivity index (χ0n) is 13.8. The molecule has 0 aliphatic heterocycles. The zero-order chi connectivity index (χ0) is 18.7. The topological polar surface area (TPSA) is 56.3 Å². The number of ether oxygens (including phenoxy) is 1. The molecule has 0 aliphatic carbocycles. The fourth-order valence-electron chi connectivity index (χ4n) is 2.56. The molecule has 1 heterocycles. The van der Waals surface area contributed by atoms with Crippen LogP contribution in [0.2, 0.25) is 0 Å². The summed E-state index contributed by atoms with van der Waals surface area (Å²) in [7, 11) is -2.13. The van der Waals surface area contributed by atoms with Crippen molar-refractivity contribution in [2.75, 3.05) is 7.11 Å². The molecule has 0 amide bonds. The van der Waals surface area contributed by atoms with Crippen molar-refractivity contribution in [2.24, 2.45) is 0 Å². The van der Waals surface area contributed by atoms with E-state index in [9.17, 15) is 8.42 Å². The van der Waals surface area contributed by atoms with Crippen molar-refractivity contribution in [3.63, 3.8) is 0 Å². The summed E-state index contributed by atoms with van der Waals surface area (Å²) in [5, 5.41) is 0. The second-order valence-electron chi connectivity index (χ2n) is 5.64. The Labute approximate surface area is 169 Å². The van der Waals surface area contributed by atoms with E-state index in [1.54, 1.807) is 30.6 Å². The van der Waals surface area contributed by atoms with Crippen molar-refractivity contribution in [1.29, 1.82) is 0 Å². The van der Waals surface area contributed by atoms with Crippen molar-refractivity contribution < 1.29 is 13.2 Å². The Morgan fingerprint density at radius 1 is 0.923 bits per heavy atom. The van der Waals surface area contributed by atoms with Crippen LogP contribution >= 0.6 is 31.9 Å². The van der Waals surface area contributed by atoms with Gasteiger partial charge in [-0.25, -0.2) is 8.42 Å². The van der Waals surface area contributed by atoms with Crippen molar-refractivity contribution in [3.05, 3.63) is 75.4 Å². The van der Waals surface area contributed by atoms with Crippen LogP contribution in [0.4, 0.5) is 0 Å². The molecule has 4 nitrogen and oxygen atoms in total. The van der Waals surface area contributed by atoms with Gasteiger partial charge in [-0.15, -0.1) is 0 Å². The molecule has 3 rings (SSSR count). The van der Waals surface area contributed by atoms with Crippen LogP contribution in [-0.4, -0.2) is 20.5 Å².